The fourth-order valence-electron chi connectivity index (χ4n) is 3.15. The van der Waals surface area contributed by atoms with Crippen LogP contribution in [0.3, 0.4) is 0 Å². The van der Waals surface area contributed by atoms with Crippen LogP contribution in [0.25, 0.3) is 0 Å². The Morgan fingerprint density at radius 3 is 2.06 bits per heavy atom. The molecule has 8 heteroatoms. The van der Waals surface area contributed by atoms with Gasteiger partial charge in [0.2, 0.25) is 0 Å². The zero-order chi connectivity index (χ0) is 23.1. The molecule has 1 aromatic heterocycles. The number of aromatic amines is 1. The van der Waals surface area contributed by atoms with Crippen LogP contribution in [0.2, 0.25) is 0 Å². The van der Waals surface area contributed by atoms with Gasteiger partial charge in [0.15, 0.2) is 11.6 Å². The van der Waals surface area contributed by atoms with E-state index in [0.717, 1.165) is 17.3 Å². The molecular weight excluding hydrogens is 410 g/mol. The molecule has 8 nitrogen and oxygen atoms in total. The Hall–Kier alpha value is -4.07. The van der Waals surface area contributed by atoms with Gasteiger partial charge in [0.05, 0.1) is 12.0 Å². The predicted octanol–water partition coefficient (Wildman–Crippen LogP) is 2.97. The summed E-state index contributed by atoms with van der Waals surface area (Å²) in [6, 6.07) is 18.2. The Morgan fingerprint density at radius 1 is 1.00 bits per heavy atom. The van der Waals surface area contributed by atoms with E-state index in [0.29, 0.717) is 0 Å². The first-order valence-electron chi connectivity index (χ1n) is 10.1. The minimum atomic E-state index is -1.00. The number of benzene rings is 2. The van der Waals surface area contributed by atoms with Crippen molar-refractivity contribution in [2.75, 3.05) is 0 Å². The topological polar surface area (TPSA) is 129 Å². The molecule has 2 aromatic carbocycles. The highest BCUT2D eigenvalue weighted by Crippen LogP contribution is 2.22. The maximum atomic E-state index is 12.9. The maximum Gasteiger partial charge on any atom is 0.306 e. The molecule has 3 aromatic rings. The monoisotopic (exact) mass is 433 g/mol. The second-order valence-corrected chi connectivity index (χ2v) is 7.40. The van der Waals surface area contributed by atoms with Gasteiger partial charge in [-0.1, -0.05) is 67.6 Å². The minimum absolute atomic E-state index is 0.0773. The number of amides is 1. The number of H-pyrrole nitrogens is 1. The van der Waals surface area contributed by atoms with E-state index in [-0.39, 0.29) is 24.2 Å². The molecule has 0 saturated carbocycles. The molecule has 0 aliphatic carbocycles. The van der Waals surface area contributed by atoms with Gasteiger partial charge in [-0.05, 0) is 17.5 Å². The van der Waals surface area contributed by atoms with Crippen LogP contribution in [0.4, 0.5) is 0 Å². The average molecular weight is 433 g/mol. The van der Waals surface area contributed by atoms with E-state index in [4.69, 9.17) is 5.11 Å². The number of nitrogens with zero attached hydrogens (tertiary/aromatic N) is 1. The zero-order valence-corrected chi connectivity index (χ0v) is 17.4. The quantitative estimate of drug-likeness (QED) is 0.445. The number of ketones is 1. The number of aliphatic carboxylic acids is 1. The highest BCUT2D eigenvalue weighted by Gasteiger charge is 2.21. The third-order valence-corrected chi connectivity index (χ3v) is 5.08. The van der Waals surface area contributed by atoms with Crippen LogP contribution in [0.5, 0.6) is 0 Å². The number of carbonyl (C=O) groups excluding carboxylic acids is 2. The second-order valence-electron chi connectivity index (χ2n) is 7.40. The lowest BCUT2D eigenvalue weighted by Crippen LogP contribution is -2.34. The van der Waals surface area contributed by atoms with E-state index in [1.807, 2.05) is 60.7 Å². The summed E-state index contributed by atoms with van der Waals surface area (Å²) in [5.41, 5.74) is 0.718. The molecule has 0 fully saturated rings. The minimum Gasteiger partial charge on any atom is -0.481 e. The summed E-state index contributed by atoms with van der Waals surface area (Å²) in [5, 5.41) is 11.8. The van der Waals surface area contributed by atoms with Crippen molar-refractivity contribution in [2.45, 2.75) is 25.8 Å². The van der Waals surface area contributed by atoms with Crippen LogP contribution in [-0.4, -0.2) is 32.7 Å². The molecule has 1 heterocycles. The number of Topliss-reactive ketones (excluding diaryl/α,β-unsaturated/α-hetero) is 1. The molecule has 0 bridgehead atoms. The van der Waals surface area contributed by atoms with Gasteiger partial charge in [-0.3, -0.25) is 19.2 Å². The van der Waals surface area contributed by atoms with Crippen LogP contribution < -0.4 is 10.9 Å². The summed E-state index contributed by atoms with van der Waals surface area (Å²) >= 11 is 0. The normalized spacial score (nSPS) is 11.7. The van der Waals surface area contributed by atoms with Crippen molar-refractivity contribution in [3.8, 4) is 0 Å². The average Bonchev–Trinajstić information content (AvgIpc) is 2.81. The molecule has 0 radical (unpaired) electrons. The lowest BCUT2D eigenvalue weighted by Gasteiger charge is -2.19. The highest BCUT2D eigenvalue weighted by atomic mass is 16.4. The first-order valence-corrected chi connectivity index (χ1v) is 10.1. The summed E-state index contributed by atoms with van der Waals surface area (Å²) in [6.07, 6.45) is 1.11. The summed E-state index contributed by atoms with van der Waals surface area (Å²) in [5.74, 6) is -3.02. The molecule has 32 heavy (non-hydrogen) atoms. The van der Waals surface area contributed by atoms with Crippen molar-refractivity contribution in [1.29, 1.82) is 0 Å². The standard InChI is InChI=1S/C24H23N3O5/c1-15(24(31)32)12-13-19(28)21-25-14-18(23(30)27-21)22(29)26-20(16-8-4-2-5-9-16)17-10-6-3-7-11-17/h2-11,14-15,20H,12-13H2,1H3,(H,26,29)(H,31,32)(H,25,27,30). The number of aromatic nitrogens is 2. The van der Waals surface area contributed by atoms with Gasteiger partial charge in [0.1, 0.15) is 5.56 Å². The molecule has 0 spiro atoms. The lowest BCUT2D eigenvalue weighted by molar-refractivity contribution is -0.141. The first-order chi connectivity index (χ1) is 15.4. The fraction of sp³-hybridized carbons (Fsp3) is 0.208. The van der Waals surface area contributed by atoms with Crippen LogP contribution in [-0.2, 0) is 4.79 Å². The van der Waals surface area contributed by atoms with Gasteiger partial charge >= 0.3 is 5.97 Å². The number of hydrogen-bond acceptors (Lipinski definition) is 5. The maximum absolute atomic E-state index is 12.9. The van der Waals surface area contributed by atoms with Crippen LogP contribution in [0.1, 0.15) is 57.9 Å². The Balaban J connectivity index is 1.78. The van der Waals surface area contributed by atoms with E-state index in [1.165, 1.54) is 6.92 Å². The van der Waals surface area contributed by atoms with Gasteiger partial charge in [-0.2, -0.15) is 0 Å². The van der Waals surface area contributed by atoms with Crippen molar-refractivity contribution >= 4 is 17.7 Å². The number of carboxylic acids is 1. The highest BCUT2D eigenvalue weighted by molar-refractivity contribution is 5.95. The van der Waals surface area contributed by atoms with Gasteiger partial charge in [-0.15, -0.1) is 0 Å². The Morgan fingerprint density at radius 2 is 1.56 bits per heavy atom. The summed E-state index contributed by atoms with van der Waals surface area (Å²) in [4.78, 5) is 54.7. The van der Waals surface area contributed by atoms with Crippen molar-refractivity contribution in [2.24, 2.45) is 5.92 Å². The third-order valence-electron chi connectivity index (χ3n) is 5.08. The van der Waals surface area contributed by atoms with Gasteiger partial charge in [0.25, 0.3) is 11.5 Å². The van der Waals surface area contributed by atoms with Crippen LogP contribution >= 0.6 is 0 Å². The van der Waals surface area contributed by atoms with Crippen molar-refractivity contribution in [3.63, 3.8) is 0 Å². The molecule has 1 unspecified atom stereocenters. The third kappa shape index (κ3) is 5.54. The van der Waals surface area contributed by atoms with Gasteiger partial charge in [-0.25, -0.2) is 4.98 Å². The van der Waals surface area contributed by atoms with E-state index in [2.05, 4.69) is 15.3 Å². The van der Waals surface area contributed by atoms with E-state index in [1.54, 1.807) is 0 Å². The lowest BCUT2D eigenvalue weighted by atomic mass is 9.98. The van der Waals surface area contributed by atoms with E-state index in [9.17, 15) is 19.2 Å². The van der Waals surface area contributed by atoms with Gasteiger partial charge in [0, 0.05) is 12.6 Å². The van der Waals surface area contributed by atoms with Crippen molar-refractivity contribution < 1.29 is 19.5 Å². The van der Waals surface area contributed by atoms with Crippen LogP contribution in [0, 0.1) is 5.92 Å². The largest absolute Gasteiger partial charge is 0.481 e. The second kappa shape index (κ2) is 10.3. The molecule has 3 N–H and O–H groups in total. The summed E-state index contributed by atoms with van der Waals surface area (Å²) in [7, 11) is 0. The molecule has 0 aliphatic rings. The van der Waals surface area contributed by atoms with Crippen molar-refractivity contribution in [3.05, 3.63) is 99.7 Å². The van der Waals surface area contributed by atoms with Crippen LogP contribution in [0.15, 0.2) is 71.7 Å². The molecule has 1 amide bonds. The smallest absolute Gasteiger partial charge is 0.306 e. The molecule has 1 atom stereocenters. The Kier molecular flexibility index (Phi) is 7.28. The molecule has 3 rings (SSSR count). The first kappa shape index (κ1) is 22.6. The molecule has 0 saturated heterocycles. The number of hydrogen-bond donors (Lipinski definition) is 3. The predicted molar refractivity (Wildman–Crippen MR) is 117 cm³/mol. The molecular formula is C24H23N3O5. The Bertz CT molecular complexity index is 1120. The Labute approximate surface area is 184 Å². The molecule has 164 valence electrons. The van der Waals surface area contributed by atoms with Gasteiger partial charge < -0.3 is 15.4 Å². The summed E-state index contributed by atoms with van der Waals surface area (Å²) < 4.78 is 0. The fourth-order valence-corrected chi connectivity index (χ4v) is 3.15. The SMILES string of the molecule is CC(CCC(=O)c1ncc(C(=O)NC(c2ccccc2)c2ccccc2)c(=O)[nH]1)C(=O)O. The number of nitrogens with one attached hydrogen (secondary N) is 2. The zero-order valence-electron chi connectivity index (χ0n) is 17.4. The number of rotatable bonds is 9. The molecule has 0 aliphatic heterocycles. The van der Waals surface area contributed by atoms with E-state index < -0.39 is 35.2 Å². The van der Waals surface area contributed by atoms with E-state index >= 15 is 0 Å². The number of carboxylic acid groups (broad SMARTS) is 1. The summed E-state index contributed by atoms with van der Waals surface area (Å²) in [6.45, 7) is 1.50. The number of carbonyl (C=O) groups is 3. The van der Waals surface area contributed by atoms with Crippen molar-refractivity contribution in [1.82, 2.24) is 15.3 Å².